The number of carbonyl (C=O) groups is 1. The van der Waals surface area contributed by atoms with E-state index in [9.17, 15) is 13.2 Å². The van der Waals surface area contributed by atoms with E-state index < -0.39 is 22.2 Å². The molecule has 0 aromatic rings. The van der Waals surface area contributed by atoms with Gasteiger partial charge < -0.3 is 14.7 Å². The summed E-state index contributed by atoms with van der Waals surface area (Å²) in [4.78, 5) is 13.9. The minimum absolute atomic E-state index is 0.0166. The lowest BCUT2D eigenvalue weighted by atomic mass is 10.2. The molecule has 8 heteroatoms. The van der Waals surface area contributed by atoms with Crippen molar-refractivity contribution in [1.29, 1.82) is 0 Å². The zero-order valence-electron chi connectivity index (χ0n) is 12.5. The molecule has 21 heavy (non-hydrogen) atoms. The Labute approximate surface area is 125 Å². The molecule has 4 atom stereocenters. The van der Waals surface area contributed by atoms with Crippen LogP contribution in [0, 0.1) is 11.8 Å². The molecule has 1 aliphatic heterocycles. The molecule has 1 saturated carbocycles. The standard InChI is InChI=1S/C13H24N2O5S/c1-9-5-12(9)13(17)15-3-4-20-11(7-15)8-21(18,19)14-6-10(2)16/h9-12,14,16H,3-8H2,1-2H3/t9-,10+,11+,12+/m1/s1. The fourth-order valence-electron chi connectivity index (χ4n) is 2.47. The number of ether oxygens (including phenoxy) is 1. The van der Waals surface area contributed by atoms with Crippen LogP contribution in [0.5, 0.6) is 0 Å². The van der Waals surface area contributed by atoms with E-state index in [0.717, 1.165) is 6.42 Å². The van der Waals surface area contributed by atoms with Crippen LogP contribution in [0.4, 0.5) is 0 Å². The van der Waals surface area contributed by atoms with Gasteiger partial charge in [0, 0.05) is 25.6 Å². The molecule has 0 spiro atoms. The molecule has 0 aromatic heterocycles. The van der Waals surface area contributed by atoms with Gasteiger partial charge in [0.25, 0.3) is 0 Å². The fourth-order valence-corrected chi connectivity index (χ4v) is 3.78. The molecule has 1 amide bonds. The summed E-state index contributed by atoms with van der Waals surface area (Å²) in [6.07, 6.45) is -0.320. The summed E-state index contributed by atoms with van der Waals surface area (Å²) < 4.78 is 31.5. The molecule has 2 rings (SSSR count). The summed E-state index contributed by atoms with van der Waals surface area (Å²) in [7, 11) is -3.51. The van der Waals surface area contributed by atoms with E-state index in [0.29, 0.717) is 25.6 Å². The molecule has 122 valence electrons. The van der Waals surface area contributed by atoms with Crippen LogP contribution in [0.25, 0.3) is 0 Å². The van der Waals surface area contributed by atoms with Crippen molar-refractivity contribution in [2.24, 2.45) is 11.8 Å². The smallest absolute Gasteiger partial charge is 0.226 e. The maximum Gasteiger partial charge on any atom is 0.226 e. The van der Waals surface area contributed by atoms with E-state index in [2.05, 4.69) is 4.72 Å². The zero-order valence-corrected chi connectivity index (χ0v) is 13.3. The van der Waals surface area contributed by atoms with Gasteiger partial charge in [0.2, 0.25) is 15.9 Å². The normalized spacial score (nSPS) is 31.0. The average Bonchev–Trinajstić information content (AvgIpc) is 3.13. The lowest BCUT2D eigenvalue weighted by molar-refractivity contribution is -0.139. The van der Waals surface area contributed by atoms with Crippen LogP contribution in [-0.2, 0) is 19.6 Å². The molecule has 0 aromatic carbocycles. The highest BCUT2D eigenvalue weighted by atomic mass is 32.2. The predicted octanol–water partition coefficient (Wildman–Crippen LogP) is -0.830. The molecular weight excluding hydrogens is 296 g/mol. The Morgan fingerprint density at radius 1 is 1.52 bits per heavy atom. The van der Waals surface area contributed by atoms with Crippen LogP contribution in [0.15, 0.2) is 0 Å². The van der Waals surface area contributed by atoms with Crippen LogP contribution in [0.1, 0.15) is 20.3 Å². The first-order valence-electron chi connectivity index (χ1n) is 7.34. The summed E-state index contributed by atoms with van der Waals surface area (Å²) in [5.41, 5.74) is 0. The molecule has 2 N–H and O–H groups in total. The van der Waals surface area contributed by atoms with E-state index in [1.807, 2.05) is 6.92 Å². The van der Waals surface area contributed by atoms with Crippen molar-refractivity contribution in [3.8, 4) is 0 Å². The van der Waals surface area contributed by atoms with Crippen molar-refractivity contribution in [2.45, 2.75) is 32.5 Å². The number of aliphatic hydroxyl groups is 1. The Morgan fingerprint density at radius 3 is 2.76 bits per heavy atom. The zero-order chi connectivity index (χ0) is 15.6. The maximum absolute atomic E-state index is 12.2. The van der Waals surface area contributed by atoms with Crippen molar-refractivity contribution in [3.63, 3.8) is 0 Å². The Balaban J connectivity index is 1.85. The van der Waals surface area contributed by atoms with Gasteiger partial charge in [-0.25, -0.2) is 13.1 Å². The van der Waals surface area contributed by atoms with Gasteiger partial charge in [0.15, 0.2) is 0 Å². The number of nitrogens with zero attached hydrogens (tertiary/aromatic N) is 1. The van der Waals surface area contributed by atoms with Crippen molar-refractivity contribution in [3.05, 3.63) is 0 Å². The third-order valence-corrected chi connectivity index (χ3v) is 5.30. The molecule has 0 unspecified atom stereocenters. The lowest BCUT2D eigenvalue weighted by Crippen LogP contribution is -2.50. The van der Waals surface area contributed by atoms with E-state index in [-0.39, 0.29) is 24.1 Å². The Kier molecular flexibility index (Phi) is 5.24. The monoisotopic (exact) mass is 320 g/mol. The average molecular weight is 320 g/mol. The summed E-state index contributed by atoms with van der Waals surface area (Å²) in [5.74, 6) is 0.470. The Bertz CT molecular complexity index is 479. The van der Waals surface area contributed by atoms with Crippen molar-refractivity contribution in [2.75, 3.05) is 32.0 Å². The van der Waals surface area contributed by atoms with Gasteiger partial charge in [0.05, 0.1) is 24.6 Å². The fraction of sp³-hybridized carbons (Fsp3) is 0.923. The lowest BCUT2D eigenvalue weighted by Gasteiger charge is -2.33. The summed E-state index contributed by atoms with van der Waals surface area (Å²) >= 11 is 0. The topological polar surface area (TPSA) is 95.9 Å². The predicted molar refractivity (Wildman–Crippen MR) is 77.1 cm³/mol. The number of aliphatic hydroxyl groups excluding tert-OH is 1. The number of hydrogen-bond donors (Lipinski definition) is 2. The minimum Gasteiger partial charge on any atom is -0.392 e. The van der Waals surface area contributed by atoms with Gasteiger partial charge >= 0.3 is 0 Å². The number of nitrogens with one attached hydrogen (secondary N) is 1. The quantitative estimate of drug-likeness (QED) is 0.666. The molecule has 1 heterocycles. The first-order chi connectivity index (χ1) is 9.78. The highest BCUT2D eigenvalue weighted by Gasteiger charge is 2.42. The van der Waals surface area contributed by atoms with Gasteiger partial charge in [-0.1, -0.05) is 6.92 Å². The molecule has 0 radical (unpaired) electrons. The second-order valence-corrected chi connectivity index (χ2v) is 7.93. The molecule has 0 bridgehead atoms. The molecule has 1 saturated heterocycles. The number of sulfonamides is 1. The largest absolute Gasteiger partial charge is 0.392 e. The maximum atomic E-state index is 12.2. The van der Waals surface area contributed by atoms with E-state index >= 15 is 0 Å². The SMILES string of the molecule is C[C@H](O)CNS(=O)(=O)C[C@@H]1CN(C(=O)[C@H]2C[C@H]2C)CCO1. The number of hydrogen-bond acceptors (Lipinski definition) is 5. The number of amides is 1. The van der Waals surface area contributed by atoms with Gasteiger partial charge in [-0.3, -0.25) is 4.79 Å². The highest BCUT2D eigenvalue weighted by molar-refractivity contribution is 7.89. The van der Waals surface area contributed by atoms with Crippen LogP contribution in [-0.4, -0.2) is 68.5 Å². The molecule has 2 fully saturated rings. The van der Waals surface area contributed by atoms with Gasteiger partial charge in [-0.05, 0) is 19.3 Å². The summed E-state index contributed by atoms with van der Waals surface area (Å²) in [5, 5.41) is 9.12. The van der Waals surface area contributed by atoms with Crippen molar-refractivity contribution in [1.82, 2.24) is 9.62 Å². The molecular formula is C13H24N2O5S. The van der Waals surface area contributed by atoms with Crippen molar-refractivity contribution < 1.29 is 23.1 Å². The van der Waals surface area contributed by atoms with Crippen LogP contribution in [0.3, 0.4) is 0 Å². The first kappa shape index (κ1) is 16.7. The van der Waals surface area contributed by atoms with Gasteiger partial charge in [0.1, 0.15) is 0 Å². The third kappa shape index (κ3) is 4.91. The Morgan fingerprint density at radius 2 is 2.19 bits per heavy atom. The molecule has 2 aliphatic rings. The van der Waals surface area contributed by atoms with Gasteiger partial charge in [-0.15, -0.1) is 0 Å². The molecule has 7 nitrogen and oxygen atoms in total. The van der Waals surface area contributed by atoms with E-state index in [4.69, 9.17) is 9.84 Å². The first-order valence-corrected chi connectivity index (χ1v) is 8.99. The summed E-state index contributed by atoms with van der Waals surface area (Å²) in [6, 6.07) is 0. The van der Waals surface area contributed by atoms with Crippen molar-refractivity contribution >= 4 is 15.9 Å². The van der Waals surface area contributed by atoms with E-state index in [1.165, 1.54) is 6.92 Å². The molecule has 1 aliphatic carbocycles. The highest BCUT2D eigenvalue weighted by Crippen LogP contribution is 2.39. The van der Waals surface area contributed by atoms with Gasteiger partial charge in [-0.2, -0.15) is 0 Å². The number of morpholine rings is 1. The third-order valence-electron chi connectivity index (χ3n) is 3.88. The number of rotatable bonds is 6. The van der Waals surface area contributed by atoms with Crippen LogP contribution >= 0.6 is 0 Å². The second-order valence-electron chi connectivity index (χ2n) is 6.08. The number of carbonyl (C=O) groups excluding carboxylic acids is 1. The van der Waals surface area contributed by atoms with Crippen LogP contribution in [0.2, 0.25) is 0 Å². The second kappa shape index (κ2) is 6.60. The Hall–Kier alpha value is -0.700. The van der Waals surface area contributed by atoms with Crippen LogP contribution < -0.4 is 4.72 Å². The van der Waals surface area contributed by atoms with E-state index in [1.54, 1.807) is 4.90 Å². The minimum atomic E-state index is -3.51. The summed E-state index contributed by atoms with van der Waals surface area (Å²) in [6.45, 7) is 4.75.